The summed E-state index contributed by atoms with van der Waals surface area (Å²) in [5.41, 5.74) is 5.68. The van der Waals surface area contributed by atoms with Gasteiger partial charge in [0.05, 0.1) is 49.7 Å². The van der Waals surface area contributed by atoms with Crippen molar-refractivity contribution in [2.24, 2.45) is 29.4 Å². The number of unbranched alkanes of at least 4 members (excludes halogenated alkanes) is 4. The van der Waals surface area contributed by atoms with Crippen LogP contribution in [0.5, 0.6) is 0 Å². The molecule has 49 heavy (non-hydrogen) atoms. The molecule has 284 valence electrons. The number of carbonyl (C=O) groups excluding carboxylic acids is 2. The Hall–Kier alpha value is -3.30. The molecule has 0 unspecified atom stereocenters. The smallest absolute Gasteiger partial charge is 0.307 e. The number of esters is 2. The van der Waals surface area contributed by atoms with Crippen molar-refractivity contribution in [3.8, 4) is 0 Å². The monoisotopic (exact) mass is 705 g/mol. The van der Waals surface area contributed by atoms with Gasteiger partial charge < -0.3 is 45.8 Å². The van der Waals surface area contributed by atoms with E-state index >= 15 is 0 Å². The normalized spacial score (nSPS) is 17.0. The Morgan fingerprint density at radius 3 is 1.57 bits per heavy atom. The van der Waals surface area contributed by atoms with E-state index < -0.39 is 104 Å². The number of nitrogens with two attached hydrogens (primary N) is 1. The second kappa shape index (κ2) is 24.8. The molecule has 9 atom stereocenters. The Balaban J connectivity index is 5.94. The summed E-state index contributed by atoms with van der Waals surface area (Å²) < 4.78 is 11.4. The number of carboxylic acid groups (broad SMARTS) is 4. The van der Waals surface area contributed by atoms with Crippen molar-refractivity contribution < 1.29 is 68.9 Å². The van der Waals surface area contributed by atoms with Gasteiger partial charge in [0.1, 0.15) is 12.2 Å². The molecule has 15 nitrogen and oxygen atoms in total. The molecule has 0 fully saturated rings. The highest BCUT2D eigenvalue weighted by molar-refractivity contribution is 5.83. The van der Waals surface area contributed by atoms with E-state index in [9.17, 15) is 49.2 Å². The van der Waals surface area contributed by atoms with Crippen LogP contribution in [0.15, 0.2) is 0 Å². The van der Waals surface area contributed by atoms with Crippen molar-refractivity contribution in [3.05, 3.63) is 0 Å². The van der Waals surface area contributed by atoms with Gasteiger partial charge in [0.15, 0.2) is 0 Å². The Morgan fingerprint density at radius 2 is 1.12 bits per heavy atom. The van der Waals surface area contributed by atoms with E-state index in [1.165, 1.54) is 0 Å². The van der Waals surface area contributed by atoms with Crippen molar-refractivity contribution in [1.29, 1.82) is 0 Å². The fourth-order valence-corrected chi connectivity index (χ4v) is 5.66. The SMILES string of the molecule is CCCC[C@@H](C)[C@@H](OC(=O)C[C@H](CC(=O)O)C(=O)O)[C@H](C[C@@H](C)C[C@H](O)CCCCCC[C@H](O)[C@@H](C)N)OC(=O)C[C@H](CC(=O)O)C(=O)O. The predicted molar refractivity (Wildman–Crippen MR) is 176 cm³/mol. The molecule has 0 aromatic rings. The van der Waals surface area contributed by atoms with E-state index in [-0.39, 0.29) is 24.8 Å². The van der Waals surface area contributed by atoms with Gasteiger partial charge in [-0.05, 0) is 50.9 Å². The molecule has 0 aliphatic rings. The van der Waals surface area contributed by atoms with Crippen LogP contribution in [0.3, 0.4) is 0 Å². The van der Waals surface area contributed by atoms with Gasteiger partial charge in [-0.15, -0.1) is 0 Å². The Kier molecular flexibility index (Phi) is 23.1. The molecule has 0 aromatic heterocycles. The van der Waals surface area contributed by atoms with Crippen LogP contribution in [0.4, 0.5) is 0 Å². The number of ether oxygens (including phenoxy) is 2. The average Bonchev–Trinajstić information content (AvgIpc) is 2.98. The fraction of sp³-hybridized carbons (Fsp3) is 0.824. The molecular formula is C34H59NO14. The molecule has 0 bridgehead atoms. The molecule has 0 heterocycles. The van der Waals surface area contributed by atoms with Crippen LogP contribution in [0.1, 0.15) is 124 Å². The quantitative estimate of drug-likeness (QED) is 0.0433. The summed E-state index contributed by atoms with van der Waals surface area (Å²) in [6, 6.07) is -0.300. The summed E-state index contributed by atoms with van der Waals surface area (Å²) in [6.45, 7) is 7.23. The number of hydrogen-bond donors (Lipinski definition) is 7. The minimum atomic E-state index is -1.57. The lowest BCUT2D eigenvalue weighted by atomic mass is 9.87. The van der Waals surface area contributed by atoms with Gasteiger partial charge in [-0.25, -0.2) is 0 Å². The lowest BCUT2D eigenvalue weighted by molar-refractivity contribution is -0.177. The third kappa shape index (κ3) is 21.4. The van der Waals surface area contributed by atoms with Crippen LogP contribution < -0.4 is 5.73 Å². The van der Waals surface area contributed by atoms with E-state index in [1.807, 2.05) is 6.92 Å². The van der Waals surface area contributed by atoms with Crippen LogP contribution in [0, 0.1) is 23.7 Å². The summed E-state index contributed by atoms with van der Waals surface area (Å²) >= 11 is 0. The average molecular weight is 706 g/mol. The van der Waals surface area contributed by atoms with E-state index in [2.05, 4.69) is 0 Å². The van der Waals surface area contributed by atoms with Crippen molar-refractivity contribution in [2.75, 3.05) is 0 Å². The van der Waals surface area contributed by atoms with E-state index in [4.69, 9.17) is 25.4 Å². The van der Waals surface area contributed by atoms with Crippen LogP contribution in [-0.4, -0.2) is 96.9 Å². The first-order chi connectivity index (χ1) is 22.9. The van der Waals surface area contributed by atoms with Gasteiger partial charge in [-0.3, -0.25) is 28.8 Å². The molecule has 0 amide bonds. The number of aliphatic carboxylic acids is 4. The second-order valence-corrected chi connectivity index (χ2v) is 13.4. The minimum absolute atomic E-state index is 0.0700. The number of rotatable bonds is 29. The van der Waals surface area contributed by atoms with Crippen LogP contribution in [-0.2, 0) is 38.2 Å². The first-order valence-corrected chi connectivity index (χ1v) is 17.3. The molecule has 0 radical (unpaired) electrons. The summed E-state index contributed by atoms with van der Waals surface area (Å²) in [5, 5.41) is 57.6. The number of aliphatic hydroxyl groups is 2. The molecule has 0 saturated heterocycles. The maximum atomic E-state index is 13.0. The molecule has 0 saturated carbocycles. The lowest BCUT2D eigenvalue weighted by Gasteiger charge is -2.33. The van der Waals surface area contributed by atoms with Crippen LogP contribution in [0.2, 0.25) is 0 Å². The number of carboxylic acids is 4. The summed E-state index contributed by atoms with van der Waals surface area (Å²) in [6.07, 6.45) is -0.0465. The van der Waals surface area contributed by atoms with Gasteiger partial charge in [-0.1, -0.05) is 59.3 Å². The fourth-order valence-electron chi connectivity index (χ4n) is 5.66. The first-order valence-electron chi connectivity index (χ1n) is 17.3. The third-order valence-corrected chi connectivity index (χ3v) is 8.56. The van der Waals surface area contributed by atoms with E-state index in [0.717, 1.165) is 32.1 Å². The molecule has 0 spiro atoms. The van der Waals surface area contributed by atoms with E-state index in [1.54, 1.807) is 20.8 Å². The Bertz CT molecular complexity index is 1030. The number of hydrogen-bond acceptors (Lipinski definition) is 11. The van der Waals surface area contributed by atoms with Crippen molar-refractivity contribution >= 4 is 35.8 Å². The highest BCUT2D eigenvalue weighted by Crippen LogP contribution is 2.29. The Labute approximate surface area is 288 Å². The zero-order chi connectivity index (χ0) is 37.7. The molecule has 15 heteroatoms. The summed E-state index contributed by atoms with van der Waals surface area (Å²) in [4.78, 5) is 71.6. The highest BCUT2D eigenvalue weighted by Gasteiger charge is 2.37. The van der Waals surface area contributed by atoms with E-state index in [0.29, 0.717) is 25.7 Å². The van der Waals surface area contributed by atoms with Crippen molar-refractivity contribution in [3.63, 3.8) is 0 Å². The second-order valence-electron chi connectivity index (χ2n) is 13.4. The van der Waals surface area contributed by atoms with Gasteiger partial charge in [0.2, 0.25) is 0 Å². The Morgan fingerprint density at radius 1 is 0.633 bits per heavy atom. The number of aliphatic hydroxyl groups excluding tert-OH is 2. The molecule has 0 aliphatic carbocycles. The predicted octanol–water partition coefficient (Wildman–Crippen LogP) is 3.59. The summed E-state index contributed by atoms with van der Waals surface area (Å²) in [7, 11) is 0. The van der Waals surface area contributed by atoms with Crippen molar-refractivity contribution in [1.82, 2.24) is 0 Å². The van der Waals surface area contributed by atoms with Gasteiger partial charge >= 0.3 is 35.8 Å². The summed E-state index contributed by atoms with van der Waals surface area (Å²) in [5.74, 6) is -11.8. The van der Waals surface area contributed by atoms with Crippen molar-refractivity contribution in [2.45, 2.75) is 154 Å². The highest BCUT2D eigenvalue weighted by atomic mass is 16.6. The number of carbonyl (C=O) groups is 6. The standard InChI is InChI=1S/C34H59NO14/c1-5-6-11-21(3)32(49-31(43)19-24(34(46)47)17-29(40)41)27(48-30(42)18-23(33(44)45)16-28(38)39)15-20(2)14-25(36)12-9-7-8-10-13-26(37)22(4)35/h20-27,32,36-37H,5-19,35H2,1-4H3,(H,38,39)(H,40,41)(H,44,45)(H,46,47)/t20-,21+,22+,23-,24-,25+,26-,27-,32+/m0/s1. The topological polar surface area (TPSA) is 268 Å². The molecule has 0 aliphatic heterocycles. The van der Waals surface area contributed by atoms with Crippen LogP contribution >= 0.6 is 0 Å². The molecule has 8 N–H and O–H groups in total. The van der Waals surface area contributed by atoms with Crippen LogP contribution in [0.25, 0.3) is 0 Å². The third-order valence-electron chi connectivity index (χ3n) is 8.56. The molecular weight excluding hydrogens is 646 g/mol. The first kappa shape index (κ1) is 45.7. The van der Waals surface area contributed by atoms with Gasteiger partial charge in [-0.2, -0.15) is 0 Å². The van der Waals surface area contributed by atoms with Gasteiger partial charge in [0.25, 0.3) is 0 Å². The molecule has 0 aromatic carbocycles. The minimum Gasteiger partial charge on any atom is -0.481 e. The zero-order valence-corrected chi connectivity index (χ0v) is 29.3. The maximum Gasteiger partial charge on any atom is 0.307 e. The maximum absolute atomic E-state index is 13.0. The lowest BCUT2D eigenvalue weighted by Crippen LogP contribution is -2.42. The molecule has 0 rings (SSSR count). The zero-order valence-electron chi connectivity index (χ0n) is 29.3. The van der Waals surface area contributed by atoms with Gasteiger partial charge in [0, 0.05) is 6.04 Å². The largest absolute Gasteiger partial charge is 0.481 e.